The van der Waals surface area contributed by atoms with E-state index in [1.54, 1.807) is 11.3 Å². The van der Waals surface area contributed by atoms with Gasteiger partial charge in [-0.15, -0.1) is 11.3 Å². The lowest BCUT2D eigenvalue weighted by Crippen LogP contribution is -2.33. The molecule has 18 heavy (non-hydrogen) atoms. The predicted molar refractivity (Wildman–Crippen MR) is 77.1 cm³/mol. The summed E-state index contributed by atoms with van der Waals surface area (Å²) in [5.74, 6) is 0. The van der Waals surface area contributed by atoms with Gasteiger partial charge in [0.15, 0.2) is 0 Å². The molecule has 0 saturated heterocycles. The summed E-state index contributed by atoms with van der Waals surface area (Å²) in [5, 5.41) is 12.0. The van der Waals surface area contributed by atoms with Crippen molar-refractivity contribution in [3.05, 3.63) is 22.4 Å². The molecule has 0 aliphatic rings. The summed E-state index contributed by atoms with van der Waals surface area (Å²) in [7, 11) is 2.04. The van der Waals surface area contributed by atoms with Crippen molar-refractivity contribution >= 4 is 11.3 Å². The molecule has 1 heterocycles. The Morgan fingerprint density at radius 3 is 2.89 bits per heavy atom. The molecule has 4 heteroatoms. The van der Waals surface area contributed by atoms with E-state index in [9.17, 15) is 5.11 Å². The van der Waals surface area contributed by atoms with Crippen molar-refractivity contribution in [1.29, 1.82) is 0 Å². The highest BCUT2D eigenvalue weighted by Crippen LogP contribution is 2.23. The largest absolute Gasteiger partial charge is 0.389 e. The fourth-order valence-corrected chi connectivity index (χ4v) is 2.60. The highest BCUT2D eigenvalue weighted by Gasteiger charge is 2.16. The number of unbranched alkanes of at least 4 members (excludes halogenated alkanes) is 1. The van der Waals surface area contributed by atoms with Crippen LogP contribution in [0.25, 0.3) is 0 Å². The van der Waals surface area contributed by atoms with Crippen molar-refractivity contribution in [2.45, 2.75) is 38.8 Å². The number of hydrogen-bond acceptors (Lipinski definition) is 4. The third-order valence-electron chi connectivity index (χ3n) is 3.07. The first-order chi connectivity index (χ1) is 8.65. The van der Waals surface area contributed by atoms with Crippen LogP contribution in [0.4, 0.5) is 0 Å². The maximum Gasteiger partial charge on any atom is 0.0900 e. The number of ether oxygens (including phenoxy) is 1. The first-order valence-corrected chi connectivity index (χ1v) is 7.52. The molecule has 104 valence electrons. The topological polar surface area (TPSA) is 32.7 Å². The normalized spacial score (nSPS) is 14.9. The highest BCUT2D eigenvalue weighted by atomic mass is 32.1. The van der Waals surface area contributed by atoms with Crippen molar-refractivity contribution in [3.8, 4) is 0 Å². The monoisotopic (exact) mass is 271 g/mol. The molecule has 0 bridgehead atoms. The van der Waals surface area contributed by atoms with E-state index < -0.39 is 6.10 Å². The van der Waals surface area contributed by atoms with Crippen LogP contribution in [0.3, 0.4) is 0 Å². The van der Waals surface area contributed by atoms with Crippen LogP contribution in [0.5, 0.6) is 0 Å². The van der Waals surface area contributed by atoms with Gasteiger partial charge < -0.3 is 9.84 Å². The summed E-state index contributed by atoms with van der Waals surface area (Å²) < 4.78 is 5.43. The van der Waals surface area contributed by atoms with E-state index in [-0.39, 0.29) is 0 Å². The van der Waals surface area contributed by atoms with Crippen LogP contribution in [0.15, 0.2) is 17.5 Å². The molecule has 0 aliphatic carbocycles. The van der Waals surface area contributed by atoms with Gasteiger partial charge in [-0.3, -0.25) is 4.90 Å². The van der Waals surface area contributed by atoms with E-state index in [4.69, 9.17) is 4.74 Å². The zero-order valence-electron chi connectivity index (χ0n) is 11.6. The van der Waals surface area contributed by atoms with E-state index in [0.29, 0.717) is 19.2 Å². The maximum absolute atomic E-state index is 9.90. The highest BCUT2D eigenvalue weighted by molar-refractivity contribution is 7.10. The standard InChI is InChI=1S/C14H25NO2S/c1-4-5-8-17-11-13(16)10-15(3)12(2)14-7-6-9-18-14/h6-7,9,12-13,16H,4-5,8,10-11H2,1-3H3. The van der Waals surface area contributed by atoms with Crippen molar-refractivity contribution in [2.75, 3.05) is 26.8 Å². The van der Waals surface area contributed by atoms with E-state index in [1.807, 2.05) is 7.05 Å². The Bertz CT molecular complexity index is 303. The van der Waals surface area contributed by atoms with Crippen LogP contribution in [-0.4, -0.2) is 42.9 Å². The summed E-state index contributed by atoms with van der Waals surface area (Å²) in [4.78, 5) is 3.50. The van der Waals surface area contributed by atoms with Crippen LogP contribution in [0, 0.1) is 0 Å². The Labute approximate surface area is 114 Å². The van der Waals surface area contributed by atoms with Gasteiger partial charge in [-0.05, 0) is 31.8 Å². The SMILES string of the molecule is CCCCOCC(O)CN(C)C(C)c1cccs1. The molecule has 3 nitrogen and oxygen atoms in total. The van der Waals surface area contributed by atoms with Crippen LogP contribution >= 0.6 is 11.3 Å². The summed E-state index contributed by atoms with van der Waals surface area (Å²) >= 11 is 1.76. The second kappa shape index (κ2) is 8.64. The van der Waals surface area contributed by atoms with Gasteiger partial charge in [0.25, 0.3) is 0 Å². The third-order valence-corrected chi connectivity index (χ3v) is 4.11. The van der Waals surface area contributed by atoms with Crippen molar-refractivity contribution in [3.63, 3.8) is 0 Å². The van der Waals surface area contributed by atoms with Gasteiger partial charge in [0.1, 0.15) is 0 Å². The minimum atomic E-state index is -0.408. The lowest BCUT2D eigenvalue weighted by atomic mass is 10.2. The molecule has 0 fully saturated rings. The number of nitrogens with zero attached hydrogens (tertiary/aromatic N) is 1. The Morgan fingerprint density at radius 2 is 2.28 bits per heavy atom. The molecule has 1 N–H and O–H groups in total. The van der Waals surface area contributed by atoms with Crippen molar-refractivity contribution in [1.82, 2.24) is 4.90 Å². The zero-order valence-corrected chi connectivity index (χ0v) is 12.4. The quantitative estimate of drug-likeness (QED) is 0.701. The van der Waals surface area contributed by atoms with Gasteiger partial charge in [-0.2, -0.15) is 0 Å². The Hall–Kier alpha value is -0.420. The first kappa shape index (κ1) is 15.6. The lowest BCUT2D eigenvalue weighted by molar-refractivity contribution is 0.0146. The van der Waals surface area contributed by atoms with E-state index in [0.717, 1.165) is 19.4 Å². The summed E-state index contributed by atoms with van der Waals surface area (Å²) in [5.41, 5.74) is 0. The number of likely N-dealkylation sites (N-methyl/N-ethyl adjacent to an activating group) is 1. The van der Waals surface area contributed by atoms with Crippen LogP contribution in [0.1, 0.15) is 37.6 Å². The molecule has 2 atom stereocenters. The molecule has 1 aromatic heterocycles. The molecule has 0 amide bonds. The zero-order chi connectivity index (χ0) is 13.4. The summed E-state index contributed by atoms with van der Waals surface area (Å²) in [6.07, 6.45) is 1.79. The molecule has 1 rings (SSSR count). The van der Waals surface area contributed by atoms with Crippen LogP contribution < -0.4 is 0 Å². The number of hydrogen-bond donors (Lipinski definition) is 1. The molecule has 2 unspecified atom stereocenters. The fourth-order valence-electron chi connectivity index (χ4n) is 1.76. The van der Waals surface area contributed by atoms with Gasteiger partial charge in [0.05, 0.1) is 12.7 Å². The fraction of sp³-hybridized carbons (Fsp3) is 0.714. The second-order valence-corrected chi connectivity index (χ2v) is 5.69. The van der Waals surface area contributed by atoms with E-state index >= 15 is 0 Å². The Kier molecular flexibility index (Phi) is 7.51. The van der Waals surface area contributed by atoms with Crippen LogP contribution in [-0.2, 0) is 4.74 Å². The molecule has 0 radical (unpaired) electrons. The minimum absolute atomic E-state index is 0.343. The first-order valence-electron chi connectivity index (χ1n) is 6.64. The second-order valence-electron chi connectivity index (χ2n) is 4.71. The minimum Gasteiger partial charge on any atom is -0.389 e. The summed E-state index contributed by atoms with van der Waals surface area (Å²) in [6, 6.07) is 4.54. The van der Waals surface area contributed by atoms with Gasteiger partial charge in [-0.25, -0.2) is 0 Å². The molecular formula is C14H25NO2S. The summed E-state index contributed by atoms with van der Waals surface area (Å²) in [6.45, 7) is 6.12. The number of rotatable bonds is 9. The Morgan fingerprint density at radius 1 is 1.50 bits per heavy atom. The van der Waals surface area contributed by atoms with Crippen molar-refractivity contribution in [2.24, 2.45) is 0 Å². The lowest BCUT2D eigenvalue weighted by Gasteiger charge is -2.26. The molecule has 0 saturated carbocycles. The van der Waals surface area contributed by atoms with E-state index in [2.05, 4.69) is 36.3 Å². The van der Waals surface area contributed by atoms with E-state index in [1.165, 1.54) is 4.88 Å². The van der Waals surface area contributed by atoms with Gasteiger partial charge in [0, 0.05) is 24.1 Å². The third kappa shape index (κ3) is 5.48. The van der Waals surface area contributed by atoms with Gasteiger partial charge >= 0.3 is 0 Å². The Balaban J connectivity index is 2.24. The smallest absolute Gasteiger partial charge is 0.0900 e. The molecular weight excluding hydrogens is 246 g/mol. The number of thiophene rings is 1. The molecule has 0 aliphatic heterocycles. The van der Waals surface area contributed by atoms with Gasteiger partial charge in [-0.1, -0.05) is 19.4 Å². The van der Waals surface area contributed by atoms with Gasteiger partial charge in [0.2, 0.25) is 0 Å². The van der Waals surface area contributed by atoms with Crippen LogP contribution in [0.2, 0.25) is 0 Å². The molecule has 0 spiro atoms. The average molecular weight is 271 g/mol. The van der Waals surface area contributed by atoms with Crippen molar-refractivity contribution < 1.29 is 9.84 Å². The molecule has 0 aromatic carbocycles. The maximum atomic E-state index is 9.90. The number of aliphatic hydroxyl groups excluding tert-OH is 1. The average Bonchev–Trinajstić information content (AvgIpc) is 2.87. The molecule has 1 aromatic rings. The predicted octanol–water partition coefficient (Wildman–Crippen LogP) is 2.92. The number of aliphatic hydroxyl groups is 1.